The fourth-order valence-corrected chi connectivity index (χ4v) is 2.99. The normalized spacial score (nSPS) is 10.7. The number of carbonyl (C=O) groups excluding carboxylic acids is 1. The van der Waals surface area contributed by atoms with Crippen LogP contribution in [-0.2, 0) is 11.3 Å². The standard InChI is InChI=1S/C15H15ClO2S/c1-10-7-13(11(2)19-10)15(17)9-18-8-12-5-3-4-6-14(12)16/h3-7H,8-9H2,1-2H3. The third kappa shape index (κ3) is 3.66. The van der Waals surface area contributed by atoms with Crippen LogP contribution in [0, 0.1) is 13.8 Å². The SMILES string of the molecule is Cc1cc(C(=O)COCc2ccccc2Cl)c(C)s1. The molecule has 0 amide bonds. The Morgan fingerprint density at radius 1 is 1.32 bits per heavy atom. The zero-order valence-electron chi connectivity index (χ0n) is 10.9. The van der Waals surface area contributed by atoms with Gasteiger partial charge < -0.3 is 4.74 Å². The number of Topliss-reactive ketones (excluding diaryl/α,β-unsaturated/α-hetero) is 1. The molecule has 0 bridgehead atoms. The Labute approximate surface area is 122 Å². The van der Waals surface area contributed by atoms with Gasteiger partial charge in [0, 0.05) is 20.3 Å². The van der Waals surface area contributed by atoms with Crippen LogP contribution in [0.25, 0.3) is 0 Å². The van der Waals surface area contributed by atoms with E-state index in [1.54, 1.807) is 11.3 Å². The maximum absolute atomic E-state index is 12.0. The van der Waals surface area contributed by atoms with Gasteiger partial charge in [0.2, 0.25) is 0 Å². The van der Waals surface area contributed by atoms with Crippen LogP contribution < -0.4 is 0 Å². The monoisotopic (exact) mass is 294 g/mol. The molecule has 2 rings (SSSR count). The first-order valence-corrected chi connectivity index (χ1v) is 7.18. The van der Waals surface area contributed by atoms with Crippen LogP contribution >= 0.6 is 22.9 Å². The summed E-state index contributed by atoms with van der Waals surface area (Å²) < 4.78 is 5.45. The molecule has 0 saturated heterocycles. The number of carbonyl (C=O) groups is 1. The molecule has 0 saturated carbocycles. The van der Waals surface area contributed by atoms with Gasteiger partial charge in [-0.3, -0.25) is 4.79 Å². The van der Waals surface area contributed by atoms with Crippen molar-refractivity contribution in [2.45, 2.75) is 20.5 Å². The minimum absolute atomic E-state index is 0.0221. The molecule has 0 aliphatic carbocycles. The molecule has 0 spiro atoms. The van der Waals surface area contributed by atoms with Gasteiger partial charge in [-0.25, -0.2) is 0 Å². The van der Waals surface area contributed by atoms with E-state index in [2.05, 4.69) is 0 Å². The second-order valence-corrected chi connectivity index (χ2v) is 6.20. The van der Waals surface area contributed by atoms with Gasteiger partial charge in [0.25, 0.3) is 0 Å². The minimum atomic E-state index is 0.0221. The van der Waals surface area contributed by atoms with Gasteiger partial charge in [-0.2, -0.15) is 0 Å². The van der Waals surface area contributed by atoms with Gasteiger partial charge in [-0.1, -0.05) is 29.8 Å². The highest BCUT2D eigenvalue weighted by Crippen LogP contribution is 2.21. The smallest absolute Gasteiger partial charge is 0.189 e. The third-order valence-electron chi connectivity index (χ3n) is 2.79. The number of hydrogen-bond acceptors (Lipinski definition) is 3. The second-order valence-electron chi connectivity index (χ2n) is 4.33. The molecule has 0 fully saturated rings. The zero-order chi connectivity index (χ0) is 13.8. The summed E-state index contributed by atoms with van der Waals surface area (Å²) in [5, 5.41) is 0.664. The van der Waals surface area contributed by atoms with Crippen molar-refractivity contribution in [3.05, 3.63) is 56.2 Å². The van der Waals surface area contributed by atoms with Crippen LogP contribution in [0.1, 0.15) is 25.7 Å². The first kappa shape index (κ1) is 14.3. The Kier molecular flexibility index (Phi) is 4.75. The summed E-state index contributed by atoms with van der Waals surface area (Å²) in [5.41, 5.74) is 1.66. The Hall–Kier alpha value is -1.16. The van der Waals surface area contributed by atoms with Crippen LogP contribution in [0.3, 0.4) is 0 Å². The molecule has 0 aliphatic heterocycles. The molecule has 100 valence electrons. The first-order valence-electron chi connectivity index (χ1n) is 5.99. The maximum atomic E-state index is 12.0. The quantitative estimate of drug-likeness (QED) is 0.763. The zero-order valence-corrected chi connectivity index (χ0v) is 12.5. The van der Waals surface area contributed by atoms with E-state index in [1.807, 2.05) is 44.2 Å². The minimum Gasteiger partial charge on any atom is -0.369 e. The van der Waals surface area contributed by atoms with Crippen molar-refractivity contribution in [2.24, 2.45) is 0 Å². The molecule has 2 nitrogen and oxygen atoms in total. The van der Waals surface area contributed by atoms with Crippen LogP contribution in [0.4, 0.5) is 0 Å². The molecule has 1 aromatic carbocycles. The largest absolute Gasteiger partial charge is 0.369 e. The van der Waals surface area contributed by atoms with Crippen LogP contribution in [-0.4, -0.2) is 12.4 Å². The van der Waals surface area contributed by atoms with Gasteiger partial charge in [-0.05, 0) is 31.5 Å². The highest BCUT2D eigenvalue weighted by Gasteiger charge is 2.12. The van der Waals surface area contributed by atoms with Gasteiger partial charge in [0.1, 0.15) is 6.61 Å². The summed E-state index contributed by atoms with van der Waals surface area (Å²) in [7, 11) is 0. The van der Waals surface area contributed by atoms with Gasteiger partial charge in [0.05, 0.1) is 6.61 Å². The average molecular weight is 295 g/mol. The van der Waals surface area contributed by atoms with E-state index in [1.165, 1.54) is 0 Å². The fourth-order valence-electron chi connectivity index (χ4n) is 1.85. The topological polar surface area (TPSA) is 26.3 Å². The molecule has 19 heavy (non-hydrogen) atoms. The number of ketones is 1. The lowest BCUT2D eigenvalue weighted by Gasteiger charge is -2.05. The van der Waals surface area contributed by atoms with Crippen molar-refractivity contribution in [3.63, 3.8) is 0 Å². The summed E-state index contributed by atoms with van der Waals surface area (Å²) >= 11 is 7.65. The predicted octanol–water partition coefficient (Wildman–Crippen LogP) is 4.42. The summed E-state index contributed by atoms with van der Waals surface area (Å²) in [4.78, 5) is 14.2. The molecular formula is C15H15ClO2S. The van der Waals surface area contributed by atoms with E-state index in [-0.39, 0.29) is 12.4 Å². The average Bonchev–Trinajstić information content (AvgIpc) is 2.71. The van der Waals surface area contributed by atoms with Crippen molar-refractivity contribution in [2.75, 3.05) is 6.61 Å². The highest BCUT2D eigenvalue weighted by atomic mass is 35.5. The Morgan fingerprint density at radius 2 is 2.05 bits per heavy atom. The molecule has 0 N–H and O–H groups in total. The number of halogens is 1. The van der Waals surface area contributed by atoms with E-state index in [4.69, 9.17) is 16.3 Å². The van der Waals surface area contributed by atoms with Gasteiger partial charge in [0.15, 0.2) is 5.78 Å². The summed E-state index contributed by atoms with van der Waals surface area (Å²) in [6.45, 7) is 4.40. The predicted molar refractivity (Wildman–Crippen MR) is 79.2 cm³/mol. The molecule has 0 aliphatic rings. The van der Waals surface area contributed by atoms with Crippen LogP contribution in [0.15, 0.2) is 30.3 Å². The highest BCUT2D eigenvalue weighted by molar-refractivity contribution is 7.12. The van der Waals surface area contributed by atoms with E-state index in [0.717, 1.165) is 20.9 Å². The first-order chi connectivity index (χ1) is 9.08. The Balaban J connectivity index is 1.91. The number of ether oxygens (including phenoxy) is 1. The number of benzene rings is 1. The molecule has 4 heteroatoms. The number of aryl methyl sites for hydroxylation is 2. The van der Waals surface area contributed by atoms with Crippen LogP contribution in [0.5, 0.6) is 0 Å². The summed E-state index contributed by atoms with van der Waals surface area (Å²) in [6, 6.07) is 9.40. The Morgan fingerprint density at radius 3 is 2.68 bits per heavy atom. The molecule has 1 aromatic heterocycles. The van der Waals surface area contributed by atoms with Crippen molar-refractivity contribution in [1.82, 2.24) is 0 Å². The molecule has 2 aromatic rings. The van der Waals surface area contributed by atoms with Crippen molar-refractivity contribution >= 4 is 28.7 Å². The third-order valence-corrected chi connectivity index (χ3v) is 4.12. The summed E-state index contributed by atoms with van der Waals surface area (Å²) in [5.74, 6) is 0.0221. The molecule has 0 atom stereocenters. The lowest BCUT2D eigenvalue weighted by atomic mass is 10.2. The number of hydrogen-bond donors (Lipinski definition) is 0. The summed E-state index contributed by atoms with van der Waals surface area (Å²) in [6.07, 6.45) is 0. The van der Waals surface area contributed by atoms with Crippen molar-refractivity contribution < 1.29 is 9.53 Å². The Bertz CT molecular complexity index is 590. The van der Waals surface area contributed by atoms with Gasteiger partial charge >= 0.3 is 0 Å². The molecular weight excluding hydrogens is 280 g/mol. The molecule has 1 heterocycles. The lowest BCUT2D eigenvalue weighted by molar-refractivity contribution is 0.0726. The van der Waals surface area contributed by atoms with Crippen molar-refractivity contribution in [1.29, 1.82) is 0 Å². The van der Waals surface area contributed by atoms with E-state index < -0.39 is 0 Å². The van der Waals surface area contributed by atoms with E-state index in [0.29, 0.717) is 11.6 Å². The lowest BCUT2D eigenvalue weighted by Crippen LogP contribution is -2.09. The number of thiophene rings is 1. The molecule has 0 radical (unpaired) electrons. The number of rotatable bonds is 5. The van der Waals surface area contributed by atoms with E-state index in [9.17, 15) is 4.79 Å². The maximum Gasteiger partial charge on any atom is 0.189 e. The fraction of sp³-hybridized carbons (Fsp3) is 0.267. The van der Waals surface area contributed by atoms with Crippen molar-refractivity contribution in [3.8, 4) is 0 Å². The van der Waals surface area contributed by atoms with Crippen LogP contribution in [0.2, 0.25) is 5.02 Å². The van der Waals surface area contributed by atoms with E-state index >= 15 is 0 Å². The van der Waals surface area contributed by atoms with Gasteiger partial charge in [-0.15, -0.1) is 11.3 Å². The second kappa shape index (κ2) is 6.33. The molecule has 0 unspecified atom stereocenters.